The molecule has 0 radical (unpaired) electrons. The van der Waals surface area contributed by atoms with Crippen LogP contribution in [0.15, 0.2) is 0 Å². The third-order valence-electron chi connectivity index (χ3n) is 9.06. The number of nitrogens with two attached hydrogens (primary N) is 1. The molecule has 7 amide bonds. The average molecular weight is 817 g/mol. The lowest BCUT2D eigenvalue weighted by atomic mass is 10.0. The molecule has 320 valence electrons. The second kappa shape index (κ2) is 24.6. The summed E-state index contributed by atoms with van der Waals surface area (Å²) < 4.78 is 0. The second-order valence-electron chi connectivity index (χ2n) is 15.3. The summed E-state index contributed by atoms with van der Waals surface area (Å²) in [6.45, 7) is 10.8. The van der Waals surface area contributed by atoms with E-state index >= 15 is 0 Å². The maximum Gasteiger partial charge on any atom is 0.322 e. The van der Waals surface area contributed by atoms with Gasteiger partial charge < -0.3 is 57.9 Å². The summed E-state index contributed by atoms with van der Waals surface area (Å²) >= 11 is 1.37. The molecule has 1 fully saturated rings. The number of likely N-dealkylation sites (tertiary alicyclic amines) is 1. The number of nitrogens with one attached hydrogen (secondary N) is 6. The Hall–Kier alpha value is -4.01. The Morgan fingerprint density at radius 1 is 0.750 bits per heavy atom. The number of aliphatic carboxylic acids is 1. The minimum Gasteiger partial charge on any atom is -0.480 e. The highest BCUT2D eigenvalue weighted by atomic mass is 32.2. The Kier molecular flexibility index (Phi) is 22.0. The van der Waals surface area contributed by atoms with Gasteiger partial charge in [0.05, 0.1) is 18.8 Å². The number of carboxylic acids is 1. The summed E-state index contributed by atoms with van der Waals surface area (Å²) in [6.07, 6.45) is 1.55. The van der Waals surface area contributed by atoms with Gasteiger partial charge >= 0.3 is 5.97 Å². The first-order valence-corrected chi connectivity index (χ1v) is 20.4. The summed E-state index contributed by atoms with van der Waals surface area (Å²) in [5.41, 5.74) is 6.07. The second-order valence-corrected chi connectivity index (χ2v) is 16.3. The van der Waals surface area contributed by atoms with Gasteiger partial charge in [-0.25, -0.2) is 0 Å². The van der Waals surface area contributed by atoms with Crippen LogP contribution in [0.2, 0.25) is 0 Å². The quantitative estimate of drug-likeness (QED) is 0.0496. The van der Waals surface area contributed by atoms with Crippen molar-refractivity contribution in [1.82, 2.24) is 36.8 Å². The fraction of sp³-hybridized carbons (Fsp3) is 0.778. The first-order valence-electron chi connectivity index (χ1n) is 19.0. The number of thioether (sulfide) groups is 1. The maximum atomic E-state index is 13.6. The number of hydrogen-bond acceptors (Lipinski definition) is 12. The summed E-state index contributed by atoms with van der Waals surface area (Å²) in [5.74, 6) is -6.56. The topological polar surface area (TPSA) is 299 Å². The van der Waals surface area contributed by atoms with Gasteiger partial charge in [0.1, 0.15) is 42.8 Å². The monoisotopic (exact) mass is 816 g/mol. The molecular formula is C36H64N8O11S. The summed E-state index contributed by atoms with van der Waals surface area (Å²) in [4.78, 5) is 105. The molecule has 0 unspecified atom stereocenters. The molecule has 1 aliphatic heterocycles. The number of aliphatic hydroxyl groups excluding tert-OH is 2. The summed E-state index contributed by atoms with van der Waals surface area (Å²) in [5, 5.41) is 44.3. The van der Waals surface area contributed by atoms with Gasteiger partial charge in [-0.2, -0.15) is 11.8 Å². The predicted octanol–water partition coefficient (Wildman–Crippen LogP) is -2.20. The van der Waals surface area contributed by atoms with Crippen LogP contribution in [0.25, 0.3) is 0 Å². The van der Waals surface area contributed by atoms with Crippen molar-refractivity contribution >= 4 is 59.1 Å². The van der Waals surface area contributed by atoms with E-state index in [-0.39, 0.29) is 42.9 Å². The number of nitrogens with zero attached hydrogens (tertiary/aromatic N) is 1. The number of carboxylic acid groups (broad SMARTS) is 1. The SMILES string of the molecule is CSCC[C@H](NC(=O)[C@@H](NC(=O)[C@H](CC(C)C)NC(=O)[C@H](CO)NC(=O)[C@H](CC(C)C)NC(=O)[C@@H]1CCCN1C(=O)[C@@H](N)C(C)C)[C@@H](C)O)C(=O)NCC(=O)O. The number of amides is 7. The van der Waals surface area contributed by atoms with Gasteiger partial charge in [-0.15, -0.1) is 0 Å². The predicted molar refractivity (Wildman–Crippen MR) is 209 cm³/mol. The van der Waals surface area contributed by atoms with Crippen molar-refractivity contribution in [3.05, 3.63) is 0 Å². The van der Waals surface area contributed by atoms with Crippen molar-refractivity contribution in [3.8, 4) is 0 Å². The zero-order valence-electron chi connectivity index (χ0n) is 33.8. The van der Waals surface area contributed by atoms with E-state index in [1.165, 1.54) is 23.6 Å². The van der Waals surface area contributed by atoms with Crippen LogP contribution in [0.4, 0.5) is 0 Å². The molecule has 0 spiro atoms. The molecule has 0 aromatic heterocycles. The fourth-order valence-electron chi connectivity index (χ4n) is 5.90. The average Bonchev–Trinajstić information content (AvgIpc) is 3.61. The van der Waals surface area contributed by atoms with Gasteiger partial charge in [-0.05, 0) is 68.8 Å². The molecule has 1 heterocycles. The number of hydrogen-bond donors (Lipinski definition) is 10. The Balaban J connectivity index is 3.15. The minimum absolute atomic E-state index is 0.0366. The van der Waals surface area contributed by atoms with E-state index in [0.29, 0.717) is 25.1 Å². The first-order chi connectivity index (χ1) is 26.1. The smallest absolute Gasteiger partial charge is 0.322 e. The molecule has 0 bridgehead atoms. The van der Waals surface area contributed by atoms with Gasteiger partial charge in [0, 0.05) is 6.54 Å². The van der Waals surface area contributed by atoms with E-state index in [1.54, 1.807) is 34.0 Å². The largest absolute Gasteiger partial charge is 0.480 e. The Morgan fingerprint density at radius 3 is 1.77 bits per heavy atom. The lowest BCUT2D eigenvalue weighted by molar-refractivity contribution is -0.141. The zero-order valence-corrected chi connectivity index (χ0v) is 34.6. The van der Waals surface area contributed by atoms with E-state index in [2.05, 4.69) is 31.9 Å². The molecule has 56 heavy (non-hydrogen) atoms. The van der Waals surface area contributed by atoms with E-state index in [0.717, 1.165) is 0 Å². The number of carbonyl (C=O) groups is 8. The molecule has 8 atom stereocenters. The van der Waals surface area contributed by atoms with Gasteiger partial charge in [-0.3, -0.25) is 38.4 Å². The van der Waals surface area contributed by atoms with Crippen LogP contribution in [0.5, 0.6) is 0 Å². The van der Waals surface area contributed by atoms with E-state index in [4.69, 9.17) is 10.8 Å². The van der Waals surface area contributed by atoms with Crippen LogP contribution < -0.4 is 37.6 Å². The fourth-order valence-corrected chi connectivity index (χ4v) is 6.37. The molecule has 1 rings (SSSR count). The number of rotatable bonds is 24. The normalized spacial score (nSPS) is 17.9. The molecule has 0 aliphatic carbocycles. The lowest BCUT2D eigenvalue weighted by Crippen LogP contribution is -2.62. The Morgan fingerprint density at radius 2 is 1.27 bits per heavy atom. The molecule has 20 heteroatoms. The van der Waals surface area contributed by atoms with Crippen molar-refractivity contribution in [2.24, 2.45) is 23.5 Å². The van der Waals surface area contributed by atoms with Crippen molar-refractivity contribution in [2.45, 2.75) is 129 Å². The minimum atomic E-state index is -1.60. The van der Waals surface area contributed by atoms with Crippen molar-refractivity contribution in [1.29, 1.82) is 0 Å². The third-order valence-corrected chi connectivity index (χ3v) is 9.70. The first kappa shape index (κ1) is 50.0. The lowest BCUT2D eigenvalue weighted by Gasteiger charge is -2.30. The number of carbonyl (C=O) groups excluding carboxylic acids is 7. The molecule has 1 saturated heterocycles. The Labute approximate surface area is 333 Å². The maximum absolute atomic E-state index is 13.6. The third kappa shape index (κ3) is 16.6. The van der Waals surface area contributed by atoms with Gasteiger partial charge in [-0.1, -0.05) is 41.5 Å². The highest BCUT2D eigenvalue weighted by Crippen LogP contribution is 2.20. The van der Waals surface area contributed by atoms with Crippen molar-refractivity contribution in [3.63, 3.8) is 0 Å². The van der Waals surface area contributed by atoms with Crippen molar-refractivity contribution in [2.75, 3.05) is 31.7 Å². The molecule has 0 aromatic rings. The van der Waals surface area contributed by atoms with Crippen LogP contribution in [-0.4, -0.2) is 148 Å². The van der Waals surface area contributed by atoms with Crippen LogP contribution >= 0.6 is 11.8 Å². The highest BCUT2D eigenvalue weighted by Gasteiger charge is 2.39. The van der Waals surface area contributed by atoms with Crippen LogP contribution in [-0.2, 0) is 38.4 Å². The molecule has 0 aromatic carbocycles. The van der Waals surface area contributed by atoms with E-state index in [9.17, 15) is 48.6 Å². The summed E-state index contributed by atoms with van der Waals surface area (Å²) in [7, 11) is 0. The molecule has 1 aliphatic rings. The molecular weight excluding hydrogens is 753 g/mol. The van der Waals surface area contributed by atoms with Gasteiger partial charge in [0.25, 0.3) is 0 Å². The number of aliphatic hydroxyl groups is 2. The molecule has 11 N–H and O–H groups in total. The Bertz CT molecular complexity index is 1370. The van der Waals surface area contributed by atoms with Gasteiger partial charge in [0.15, 0.2) is 0 Å². The summed E-state index contributed by atoms with van der Waals surface area (Å²) in [6, 6.07) is -8.45. The van der Waals surface area contributed by atoms with Gasteiger partial charge in [0.2, 0.25) is 41.4 Å². The molecule has 19 nitrogen and oxygen atoms in total. The highest BCUT2D eigenvalue weighted by molar-refractivity contribution is 7.98. The van der Waals surface area contributed by atoms with Crippen LogP contribution in [0.1, 0.15) is 80.6 Å². The van der Waals surface area contributed by atoms with Crippen LogP contribution in [0, 0.1) is 17.8 Å². The van der Waals surface area contributed by atoms with E-state index < -0.39 is 103 Å². The van der Waals surface area contributed by atoms with Crippen molar-refractivity contribution < 1.29 is 53.7 Å². The molecule has 0 saturated carbocycles. The van der Waals surface area contributed by atoms with Crippen LogP contribution in [0.3, 0.4) is 0 Å². The standard InChI is InChI=1S/C36H64N8O11S/c1-18(2)14-23(41-34(53)26-10-9-12-44(26)36(55)28(37)20(5)6)31(50)42-25(17-45)33(52)40-24(15-19(3)4)32(51)43-29(21(7)46)35(54)39-22(11-13-56-8)30(49)38-16-27(47)48/h18-26,28-29,45-46H,9-17,37H2,1-8H3,(H,38,49)(H,39,54)(H,40,52)(H,41,53)(H,42,50)(H,43,51)(H,47,48)/t21-,22+,23+,24+,25+,26+,28+,29+/m1/s1. The van der Waals surface area contributed by atoms with E-state index in [1.807, 2.05) is 13.8 Å². The zero-order chi connectivity index (χ0) is 42.9.